The molecule has 1 amide bonds. The third-order valence-corrected chi connectivity index (χ3v) is 5.37. The molecule has 1 aliphatic carbocycles. The van der Waals surface area contributed by atoms with Crippen molar-refractivity contribution in [1.29, 1.82) is 0 Å². The predicted molar refractivity (Wildman–Crippen MR) is 89.3 cm³/mol. The Bertz CT molecular complexity index is 789. The number of hydrogen-bond acceptors (Lipinski definition) is 4. The third kappa shape index (κ3) is 2.79. The first kappa shape index (κ1) is 15.8. The van der Waals surface area contributed by atoms with Gasteiger partial charge in [0.2, 0.25) is 0 Å². The standard InChI is InChI=1S/C18H20N4O3/c23-17(14-10-13(5-6-20-14)21-8-7-19-11-21)22-15-4-2-1-3-12(15)9-16(22)18(24)25/h5-8,10-12,15-16H,1-4,9H2,(H,24,25). The summed E-state index contributed by atoms with van der Waals surface area (Å²) in [5.41, 5.74) is 1.06. The molecule has 1 aliphatic heterocycles. The molecule has 1 saturated carbocycles. The van der Waals surface area contributed by atoms with Crippen molar-refractivity contribution >= 4 is 11.9 Å². The van der Waals surface area contributed by atoms with E-state index < -0.39 is 12.0 Å². The summed E-state index contributed by atoms with van der Waals surface area (Å²) in [4.78, 5) is 34.6. The van der Waals surface area contributed by atoms with Crippen molar-refractivity contribution in [1.82, 2.24) is 19.4 Å². The van der Waals surface area contributed by atoms with Gasteiger partial charge in [-0.1, -0.05) is 12.8 Å². The Hall–Kier alpha value is -2.70. The number of hydrogen-bond donors (Lipinski definition) is 1. The van der Waals surface area contributed by atoms with Crippen molar-refractivity contribution in [3.05, 3.63) is 42.7 Å². The molecule has 1 N–H and O–H groups in total. The van der Waals surface area contributed by atoms with Gasteiger partial charge < -0.3 is 14.6 Å². The number of rotatable bonds is 3. The lowest BCUT2D eigenvalue weighted by Gasteiger charge is -2.32. The van der Waals surface area contributed by atoms with Gasteiger partial charge in [0.1, 0.15) is 11.7 Å². The molecule has 2 aliphatic rings. The van der Waals surface area contributed by atoms with E-state index in [2.05, 4.69) is 9.97 Å². The van der Waals surface area contributed by atoms with E-state index in [0.717, 1.165) is 31.4 Å². The number of nitrogens with zero attached hydrogens (tertiary/aromatic N) is 4. The van der Waals surface area contributed by atoms with Gasteiger partial charge in [0.05, 0.1) is 12.0 Å². The fraction of sp³-hybridized carbons (Fsp3) is 0.444. The highest BCUT2D eigenvalue weighted by atomic mass is 16.4. The number of aromatic nitrogens is 3. The number of amides is 1. The zero-order valence-corrected chi connectivity index (χ0v) is 13.8. The molecule has 0 bridgehead atoms. The van der Waals surface area contributed by atoms with E-state index in [-0.39, 0.29) is 23.6 Å². The Labute approximate surface area is 145 Å². The molecule has 2 aromatic rings. The van der Waals surface area contributed by atoms with Gasteiger partial charge in [-0.25, -0.2) is 9.78 Å². The minimum atomic E-state index is -0.923. The monoisotopic (exact) mass is 340 g/mol. The Kier molecular flexibility index (Phi) is 3.99. The predicted octanol–water partition coefficient (Wildman–Crippen LogP) is 2.13. The molecule has 3 unspecified atom stereocenters. The lowest BCUT2D eigenvalue weighted by Crippen LogP contribution is -2.46. The molecule has 25 heavy (non-hydrogen) atoms. The number of aliphatic carboxylic acids is 1. The normalized spacial score (nSPS) is 25.6. The van der Waals surface area contributed by atoms with Crippen LogP contribution in [-0.4, -0.2) is 48.5 Å². The smallest absolute Gasteiger partial charge is 0.326 e. The molecule has 3 heterocycles. The summed E-state index contributed by atoms with van der Waals surface area (Å²) >= 11 is 0. The van der Waals surface area contributed by atoms with Crippen LogP contribution >= 0.6 is 0 Å². The summed E-state index contributed by atoms with van der Waals surface area (Å²) in [6, 6.07) is 2.75. The molecule has 0 radical (unpaired) electrons. The van der Waals surface area contributed by atoms with E-state index in [1.165, 1.54) is 0 Å². The van der Waals surface area contributed by atoms with Gasteiger partial charge in [-0.3, -0.25) is 9.78 Å². The summed E-state index contributed by atoms with van der Waals surface area (Å²) in [6.07, 6.45) is 11.3. The van der Waals surface area contributed by atoms with Crippen molar-refractivity contribution in [3.63, 3.8) is 0 Å². The lowest BCUT2D eigenvalue weighted by molar-refractivity contribution is -0.141. The molecule has 1 saturated heterocycles. The highest BCUT2D eigenvalue weighted by molar-refractivity contribution is 5.96. The second kappa shape index (κ2) is 6.31. The molecule has 4 rings (SSSR count). The van der Waals surface area contributed by atoms with Crippen LogP contribution in [0.1, 0.15) is 42.6 Å². The minimum absolute atomic E-state index is 0.0149. The molecule has 0 spiro atoms. The molecule has 3 atom stereocenters. The first-order chi connectivity index (χ1) is 12.1. The second-order valence-corrected chi connectivity index (χ2v) is 6.78. The molecule has 2 aromatic heterocycles. The molecule has 7 heteroatoms. The van der Waals surface area contributed by atoms with Gasteiger partial charge in [0.15, 0.2) is 0 Å². The van der Waals surface area contributed by atoms with Crippen molar-refractivity contribution in [2.45, 2.75) is 44.2 Å². The van der Waals surface area contributed by atoms with E-state index >= 15 is 0 Å². The van der Waals surface area contributed by atoms with Crippen molar-refractivity contribution < 1.29 is 14.7 Å². The Morgan fingerprint density at radius 3 is 2.80 bits per heavy atom. The van der Waals surface area contributed by atoms with E-state index in [9.17, 15) is 14.7 Å². The lowest BCUT2D eigenvalue weighted by atomic mass is 9.84. The van der Waals surface area contributed by atoms with Gasteiger partial charge >= 0.3 is 5.97 Å². The van der Waals surface area contributed by atoms with E-state index in [1.54, 1.807) is 46.5 Å². The van der Waals surface area contributed by atoms with Crippen LogP contribution in [-0.2, 0) is 4.79 Å². The van der Waals surface area contributed by atoms with Crippen LogP contribution in [0.3, 0.4) is 0 Å². The van der Waals surface area contributed by atoms with Crippen LogP contribution < -0.4 is 0 Å². The summed E-state index contributed by atoms with van der Waals surface area (Å²) in [6.45, 7) is 0. The number of imidazole rings is 1. The maximum atomic E-state index is 13.1. The molecule has 0 aromatic carbocycles. The molecule has 7 nitrogen and oxygen atoms in total. The first-order valence-corrected chi connectivity index (χ1v) is 8.65. The summed E-state index contributed by atoms with van der Waals surface area (Å²) in [5.74, 6) is -0.923. The fourth-order valence-electron chi connectivity index (χ4n) is 4.21. The average molecular weight is 340 g/mol. The fourth-order valence-corrected chi connectivity index (χ4v) is 4.21. The summed E-state index contributed by atoms with van der Waals surface area (Å²) in [5, 5.41) is 9.60. The van der Waals surface area contributed by atoms with Crippen molar-refractivity contribution in [2.24, 2.45) is 5.92 Å². The number of carboxylic acids is 1. The SMILES string of the molecule is O=C(O)C1CC2CCCCC2N1C(=O)c1cc(-n2ccnc2)ccn1. The maximum Gasteiger partial charge on any atom is 0.326 e. The van der Waals surface area contributed by atoms with Crippen LogP contribution in [0.25, 0.3) is 5.69 Å². The number of pyridine rings is 1. The zero-order valence-electron chi connectivity index (χ0n) is 13.8. The Morgan fingerprint density at radius 2 is 2.04 bits per heavy atom. The Balaban J connectivity index is 1.67. The van der Waals surface area contributed by atoms with Crippen LogP contribution in [0.5, 0.6) is 0 Å². The number of likely N-dealkylation sites (tertiary alicyclic amines) is 1. The van der Waals surface area contributed by atoms with Gasteiger partial charge in [-0.2, -0.15) is 0 Å². The van der Waals surface area contributed by atoms with E-state index in [4.69, 9.17) is 0 Å². The quantitative estimate of drug-likeness (QED) is 0.924. The largest absolute Gasteiger partial charge is 0.480 e. The number of fused-ring (bicyclic) bond motifs is 1. The highest BCUT2D eigenvalue weighted by Crippen LogP contribution is 2.40. The van der Waals surface area contributed by atoms with Gasteiger partial charge in [-0.15, -0.1) is 0 Å². The van der Waals surface area contributed by atoms with Crippen LogP contribution in [0.2, 0.25) is 0 Å². The second-order valence-electron chi connectivity index (χ2n) is 6.78. The Morgan fingerprint density at radius 1 is 1.20 bits per heavy atom. The van der Waals surface area contributed by atoms with Crippen LogP contribution in [0.4, 0.5) is 0 Å². The molecular formula is C18H20N4O3. The summed E-state index contributed by atoms with van der Waals surface area (Å²) in [7, 11) is 0. The van der Waals surface area contributed by atoms with Crippen molar-refractivity contribution in [2.75, 3.05) is 0 Å². The average Bonchev–Trinajstić information content (AvgIpc) is 3.29. The van der Waals surface area contributed by atoms with Gasteiger partial charge in [0, 0.05) is 24.6 Å². The van der Waals surface area contributed by atoms with Crippen molar-refractivity contribution in [3.8, 4) is 5.69 Å². The van der Waals surface area contributed by atoms with Crippen LogP contribution in [0.15, 0.2) is 37.1 Å². The van der Waals surface area contributed by atoms with Gasteiger partial charge in [-0.05, 0) is 37.3 Å². The van der Waals surface area contributed by atoms with E-state index in [0.29, 0.717) is 6.42 Å². The number of carbonyl (C=O) groups is 2. The zero-order chi connectivity index (χ0) is 17.4. The van der Waals surface area contributed by atoms with Crippen LogP contribution in [0, 0.1) is 5.92 Å². The molecule has 2 fully saturated rings. The first-order valence-electron chi connectivity index (χ1n) is 8.65. The maximum absolute atomic E-state index is 13.1. The highest BCUT2D eigenvalue weighted by Gasteiger charge is 2.47. The molecule has 130 valence electrons. The topological polar surface area (TPSA) is 88.3 Å². The summed E-state index contributed by atoms with van der Waals surface area (Å²) < 4.78 is 1.79. The minimum Gasteiger partial charge on any atom is -0.480 e. The number of carboxylic acid groups (broad SMARTS) is 1. The molecular weight excluding hydrogens is 320 g/mol. The van der Waals surface area contributed by atoms with Gasteiger partial charge in [0.25, 0.3) is 5.91 Å². The number of carbonyl (C=O) groups excluding carboxylic acids is 1. The third-order valence-electron chi connectivity index (χ3n) is 5.37. The van der Waals surface area contributed by atoms with E-state index in [1.807, 2.05) is 0 Å².